The van der Waals surface area contributed by atoms with Crippen LogP contribution in [0.15, 0.2) is 30.5 Å². The first-order valence-corrected chi connectivity index (χ1v) is 4.87. The van der Waals surface area contributed by atoms with Crippen molar-refractivity contribution >= 4 is 23.2 Å². The zero-order chi connectivity index (χ0) is 10.8. The molecule has 1 aromatic carbocycles. The van der Waals surface area contributed by atoms with Gasteiger partial charge in [-0.1, -0.05) is 29.3 Å². The van der Waals surface area contributed by atoms with Crippen molar-refractivity contribution in [3.05, 3.63) is 46.2 Å². The quantitative estimate of drug-likeness (QED) is 0.766. The Balaban J connectivity index is 2.56. The summed E-state index contributed by atoms with van der Waals surface area (Å²) >= 11 is 11.8. The molecule has 0 spiro atoms. The minimum atomic E-state index is 0.291. The highest BCUT2D eigenvalue weighted by Crippen LogP contribution is 2.21. The van der Waals surface area contributed by atoms with E-state index in [1.165, 1.54) is 10.9 Å². The number of hydrogen-bond acceptors (Lipinski definition) is 2. The summed E-state index contributed by atoms with van der Waals surface area (Å²) < 4.78 is 1.46. The predicted molar refractivity (Wildman–Crippen MR) is 58.3 cm³/mol. The summed E-state index contributed by atoms with van der Waals surface area (Å²) in [5.74, 6) is 0. The van der Waals surface area contributed by atoms with E-state index >= 15 is 0 Å². The van der Waals surface area contributed by atoms with Gasteiger partial charge in [-0.05, 0) is 18.2 Å². The van der Waals surface area contributed by atoms with Crippen molar-refractivity contribution < 1.29 is 0 Å². The summed E-state index contributed by atoms with van der Waals surface area (Å²) in [5.41, 5.74) is 1.07. The van der Waals surface area contributed by atoms with Crippen LogP contribution in [0.5, 0.6) is 0 Å². The van der Waals surface area contributed by atoms with E-state index in [1.54, 1.807) is 18.2 Å². The third kappa shape index (κ3) is 1.82. The molecule has 0 radical (unpaired) electrons. The molecule has 0 saturated carbocycles. The second kappa shape index (κ2) is 3.93. The van der Waals surface area contributed by atoms with Crippen molar-refractivity contribution in [2.75, 3.05) is 0 Å². The Morgan fingerprint density at radius 2 is 2.13 bits per heavy atom. The van der Waals surface area contributed by atoms with Gasteiger partial charge in [-0.25, -0.2) is 4.68 Å². The molecule has 1 aromatic heterocycles. The van der Waals surface area contributed by atoms with E-state index < -0.39 is 0 Å². The van der Waals surface area contributed by atoms with E-state index in [-0.39, 0.29) is 0 Å². The van der Waals surface area contributed by atoms with Crippen LogP contribution in [0.4, 0.5) is 0 Å². The largest absolute Gasteiger partial charge is 0.221 e. The summed E-state index contributed by atoms with van der Waals surface area (Å²) in [4.78, 5) is 0. The third-order valence-electron chi connectivity index (χ3n) is 1.88. The van der Waals surface area contributed by atoms with Crippen LogP contribution < -0.4 is 0 Å². The smallest absolute Gasteiger partial charge is 0.150 e. The lowest BCUT2D eigenvalue weighted by atomic mass is 10.3. The van der Waals surface area contributed by atoms with Crippen molar-refractivity contribution in [3.8, 4) is 11.8 Å². The zero-order valence-corrected chi connectivity index (χ0v) is 9.00. The molecule has 1 heterocycles. The summed E-state index contributed by atoms with van der Waals surface area (Å²) in [6, 6.07) is 9.04. The lowest BCUT2D eigenvalue weighted by molar-refractivity contribution is 0.881. The van der Waals surface area contributed by atoms with Crippen LogP contribution in [0.2, 0.25) is 10.2 Å². The third-order valence-corrected chi connectivity index (χ3v) is 2.48. The molecule has 0 aliphatic carbocycles. The fraction of sp³-hybridized carbons (Fsp3) is 0. The number of rotatable bonds is 1. The van der Waals surface area contributed by atoms with Gasteiger partial charge in [0.25, 0.3) is 0 Å². The second-order valence-corrected chi connectivity index (χ2v) is 3.65. The Labute approximate surface area is 96.5 Å². The number of halogens is 2. The lowest BCUT2D eigenvalue weighted by Gasteiger charge is -2.02. The summed E-state index contributed by atoms with van der Waals surface area (Å²) in [6.07, 6.45) is 1.42. The van der Waals surface area contributed by atoms with Gasteiger partial charge >= 0.3 is 0 Å². The molecule has 0 amide bonds. The van der Waals surface area contributed by atoms with Crippen LogP contribution in [-0.2, 0) is 0 Å². The molecule has 0 atom stereocenters. The van der Waals surface area contributed by atoms with Gasteiger partial charge in [0.2, 0.25) is 0 Å². The molecule has 0 aliphatic heterocycles. The molecule has 15 heavy (non-hydrogen) atoms. The molecule has 0 N–H and O–H groups in total. The Morgan fingerprint density at radius 1 is 1.33 bits per heavy atom. The first-order chi connectivity index (χ1) is 7.22. The van der Waals surface area contributed by atoms with E-state index in [0.717, 1.165) is 5.69 Å². The fourth-order valence-corrected chi connectivity index (χ4v) is 1.61. The van der Waals surface area contributed by atoms with Crippen molar-refractivity contribution in [1.82, 2.24) is 9.78 Å². The molecule has 5 heteroatoms. The van der Waals surface area contributed by atoms with E-state index in [1.807, 2.05) is 12.1 Å². The van der Waals surface area contributed by atoms with Gasteiger partial charge in [0.05, 0.1) is 11.9 Å². The number of benzene rings is 1. The number of hydrogen-bond donors (Lipinski definition) is 0. The van der Waals surface area contributed by atoms with Gasteiger partial charge in [0.15, 0.2) is 5.15 Å². The van der Waals surface area contributed by atoms with Gasteiger partial charge < -0.3 is 0 Å². The molecule has 0 bridgehead atoms. The molecular weight excluding hydrogens is 233 g/mol. The first-order valence-electron chi connectivity index (χ1n) is 4.12. The van der Waals surface area contributed by atoms with Gasteiger partial charge in [-0.15, -0.1) is 0 Å². The highest BCUT2D eigenvalue weighted by molar-refractivity contribution is 6.31. The Kier molecular flexibility index (Phi) is 2.63. The van der Waals surface area contributed by atoms with Crippen LogP contribution in [0, 0.1) is 11.3 Å². The van der Waals surface area contributed by atoms with Crippen LogP contribution in [-0.4, -0.2) is 9.78 Å². The molecule has 0 unspecified atom stereocenters. The number of aromatic nitrogens is 2. The Bertz CT molecular complexity index is 540. The molecule has 2 aromatic rings. The average Bonchev–Trinajstić information content (AvgIpc) is 2.59. The summed E-state index contributed by atoms with van der Waals surface area (Å²) in [6.45, 7) is 0. The van der Waals surface area contributed by atoms with E-state index in [4.69, 9.17) is 28.5 Å². The first kappa shape index (κ1) is 10.0. The topological polar surface area (TPSA) is 41.6 Å². The standard InChI is InChI=1S/C10H5Cl2N3/c11-8-2-1-3-9(4-8)15-10(12)7(5-13)6-14-15/h1-4,6H. The van der Waals surface area contributed by atoms with Crippen molar-refractivity contribution in [2.45, 2.75) is 0 Å². The Hall–Kier alpha value is -1.50. The van der Waals surface area contributed by atoms with E-state index in [9.17, 15) is 0 Å². The van der Waals surface area contributed by atoms with Crippen LogP contribution in [0.25, 0.3) is 5.69 Å². The zero-order valence-electron chi connectivity index (χ0n) is 7.48. The molecule has 3 nitrogen and oxygen atoms in total. The van der Waals surface area contributed by atoms with Gasteiger partial charge in [0.1, 0.15) is 11.6 Å². The normalized spacial score (nSPS) is 9.93. The SMILES string of the molecule is N#Cc1cnn(-c2cccc(Cl)c2)c1Cl. The maximum atomic E-state index is 8.72. The summed E-state index contributed by atoms with van der Waals surface area (Å²) in [5, 5.41) is 13.6. The maximum Gasteiger partial charge on any atom is 0.150 e. The minimum absolute atomic E-state index is 0.291. The lowest BCUT2D eigenvalue weighted by Crippen LogP contribution is -1.95. The molecule has 0 aliphatic rings. The second-order valence-electron chi connectivity index (χ2n) is 2.85. The van der Waals surface area contributed by atoms with E-state index in [2.05, 4.69) is 5.10 Å². The van der Waals surface area contributed by atoms with Crippen LogP contribution >= 0.6 is 23.2 Å². The fourth-order valence-electron chi connectivity index (χ4n) is 1.20. The molecule has 0 fully saturated rings. The highest BCUT2D eigenvalue weighted by Gasteiger charge is 2.09. The van der Waals surface area contributed by atoms with Crippen LogP contribution in [0.1, 0.15) is 5.56 Å². The summed E-state index contributed by atoms with van der Waals surface area (Å²) in [7, 11) is 0. The number of nitrogens with zero attached hydrogens (tertiary/aromatic N) is 3. The van der Waals surface area contributed by atoms with Crippen molar-refractivity contribution in [2.24, 2.45) is 0 Å². The molecule has 2 rings (SSSR count). The highest BCUT2D eigenvalue weighted by atomic mass is 35.5. The number of nitriles is 1. The minimum Gasteiger partial charge on any atom is -0.221 e. The molecular formula is C10H5Cl2N3. The van der Waals surface area contributed by atoms with Crippen molar-refractivity contribution in [1.29, 1.82) is 5.26 Å². The monoisotopic (exact) mass is 237 g/mol. The average molecular weight is 238 g/mol. The van der Waals surface area contributed by atoms with Gasteiger partial charge in [0, 0.05) is 5.02 Å². The molecule has 74 valence electrons. The van der Waals surface area contributed by atoms with Crippen LogP contribution in [0.3, 0.4) is 0 Å². The van der Waals surface area contributed by atoms with Gasteiger partial charge in [-0.2, -0.15) is 10.4 Å². The Morgan fingerprint density at radius 3 is 2.73 bits per heavy atom. The van der Waals surface area contributed by atoms with E-state index in [0.29, 0.717) is 15.7 Å². The van der Waals surface area contributed by atoms with Gasteiger partial charge in [-0.3, -0.25) is 0 Å². The molecule has 0 saturated heterocycles. The predicted octanol–water partition coefficient (Wildman–Crippen LogP) is 3.05. The van der Waals surface area contributed by atoms with Crippen molar-refractivity contribution in [3.63, 3.8) is 0 Å². The maximum absolute atomic E-state index is 8.72.